The number of hydrogen-bond acceptors (Lipinski definition) is 4. The van der Waals surface area contributed by atoms with Gasteiger partial charge in [0, 0.05) is 24.1 Å². The summed E-state index contributed by atoms with van der Waals surface area (Å²) in [5.41, 5.74) is 2.21. The van der Waals surface area contributed by atoms with Crippen molar-refractivity contribution in [3.05, 3.63) is 29.3 Å². The van der Waals surface area contributed by atoms with Crippen LogP contribution in [0.1, 0.15) is 50.3 Å². The predicted molar refractivity (Wildman–Crippen MR) is 102 cm³/mol. The number of carbonyl (C=O) groups excluding carboxylic acids is 1. The Bertz CT molecular complexity index is 688. The molecule has 2 aliphatic rings. The van der Waals surface area contributed by atoms with Crippen LogP contribution in [-0.4, -0.2) is 53.8 Å². The van der Waals surface area contributed by atoms with Gasteiger partial charge in [-0.25, -0.2) is 4.79 Å². The van der Waals surface area contributed by atoms with Gasteiger partial charge in [0.25, 0.3) is 0 Å². The molecule has 0 bridgehead atoms. The highest BCUT2D eigenvalue weighted by Gasteiger charge is 2.35. The lowest BCUT2D eigenvalue weighted by atomic mass is 9.85. The molecular formula is C20H29N3O4. The number of nitrogens with one attached hydrogen (secondary N) is 2. The minimum atomic E-state index is -0.810. The number of hydrogen-bond donors (Lipinski definition) is 3. The van der Waals surface area contributed by atoms with Crippen LogP contribution in [0, 0.1) is 0 Å². The zero-order valence-corrected chi connectivity index (χ0v) is 16.0. The van der Waals surface area contributed by atoms with Gasteiger partial charge in [-0.15, -0.1) is 0 Å². The Balaban J connectivity index is 1.51. The number of para-hydroxylation sites is 1. The van der Waals surface area contributed by atoms with E-state index in [4.69, 9.17) is 9.84 Å². The number of aryl methyl sites for hydroxylation is 1. The fourth-order valence-corrected chi connectivity index (χ4v) is 3.98. The van der Waals surface area contributed by atoms with E-state index in [0.717, 1.165) is 37.0 Å². The van der Waals surface area contributed by atoms with Crippen molar-refractivity contribution >= 4 is 12.0 Å². The fraction of sp³-hybridized carbons (Fsp3) is 0.600. The number of fused-ring (bicyclic) bond motifs is 1. The first-order chi connectivity index (χ1) is 13.0. The van der Waals surface area contributed by atoms with E-state index < -0.39 is 5.97 Å². The molecule has 3 N–H and O–H groups in total. The Hall–Kier alpha value is -2.28. The second-order valence-electron chi connectivity index (χ2n) is 7.28. The number of carboxylic acid groups (broad SMARTS) is 1. The summed E-state index contributed by atoms with van der Waals surface area (Å²) in [6, 6.07) is 6.20. The van der Waals surface area contributed by atoms with E-state index in [9.17, 15) is 9.59 Å². The molecule has 1 fully saturated rings. The van der Waals surface area contributed by atoms with Gasteiger partial charge in [0.05, 0.1) is 19.2 Å². The average molecular weight is 375 g/mol. The van der Waals surface area contributed by atoms with E-state index in [2.05, 4.69) is 23.6 Å². The summed E-state index contributed by atoms with van der Waals surface area (Å²) in [6.45, 7) is 5.41. The molecule has 1 saturated carbocycles. The molecule has 2 amide bonds. The summed E-state index contributed by atoms with van der Waals surface area (Å²) >= 11 is 0. The Morgan fingerprint density at radius 3 is 2.70 bits per heavy atom. The lowest BCUT2D eigenvalue weighted by molar-refractivity contribution is -0.139. The number of aliphatic carboxylic acids is 1. The molecule has 1 unspecified atom stereocenters. The van der Waals surface area contributed by atoms with Gasteiger partial charge in [0.15, 0.2) is 0 Å². The number of benzene rings is 1. The molecule has 1 aromatic rings. The highest BCUT2D eigenvalue weighted by molar-refractivity contribution is 5.75. The first-order valence-electron chi connectivity index (χ1n) is 9.79. The number of likely N-dealkylation sites (N-methyl/N-ethyl adjacent to an activating group) is 1. The smallest absolute Gasteiger partial charge is 0.317 e. The van der Waals surface area contributed by atoms with E-state index >= 15 is 0 Å². The summed E-state index contributed by atoms with van der Waals surface area (Å²) in [4.78, 5) is 25.3. The van der Waals surface area contributed by atoms with Crippen molar-refractivity contribution in [2.24, 2.45) is 0 Å². The highest BCUT2D eigenvalue weighted by Crippen LogP contribution is 2.35. The minimum absolute atomic E-state index is 0.0460. The molecule has 3 rings (SSSR count). The third-order valence-corrected chi connectivity index (χ3v) is 5.55. The van der Waals surface area contributed by atoms with Gasteiger partial charge in [0.1, 0.15) is 5.75 Å². The molecule has 1 aromatic carbocycles. The van der Waals surface area contributed by atoms with Crippen LogP contribution in [0.4, 0.5) is 4.79 Å². The van der Waals surface area contributed by atoms with E-state index in [1.165, 1.54) is 5.56 Å². The third-order valence-electron chi connectivity index (χ3n) is 5.55. The van der Waals surface area contributed by atoms with Crippen LogP contribution in [0.15, 0.2) is 18.2 Å². The van der Waals surface area contributed by atoms with Crippen molar-refractivity contribution < 1.29 is 19.4 Å². The summed E-state index contributed by atoms with van der Waals surface area (Å²) in [5, 5.41) is 15.1. The molecule has 148 valence electrons. The molecule has 7 nitrogen and oxygen atoms in total. The standard InChI is InChI=1S/C20H29N3O4/c1-3-13-6-5-7-16-17(8-9-27-19(13)16)22-20(26)21-14-10-15(11-14)23(4-2)12-18(24)25/h5-7,14-15,17H,3-4,8-12H2,1-2H3,(H,24,25)(H2,21,22,26). The number of ether oxygens (including phenoxy) is 1. The minimum Gasteiger partial charge on any atom is -0.493 e. The van der Waals surface area contributed by atoms with Crippen molar-refractivity contribution in [1.82, 2.24) is 15.5 Å². The second kappa shape index (κ2) is 8.61. The summed E-state index contributed by atoms with van der Waals surface area (Å²) in [6.07, 6.45) is 3.23. The number of urea groups is 1. The Morgan fingerprint density at radius 2 is 2.04 bits per heavy atom. The van der Waals surface area contributed by atoms with Gasteiger partial charge in [-0.05, 0) is 31.4 Å². The quantitative estimate of drug-likeness (QED) is 0.680. The van der Waals surface area contributed by atoms with Crippen LogP contribution in [0.3, 0.4) is 0 Å². The van der Waals surface area contributed by atoms with Crippen LogP contribution in [0.5, 0.6) is 5.75 Å². The zero-order chi connectivity index (χ0) is 19.4. The normalized spacial score (nSPS) is 23.7. The molecule has 1 aliphatic heterocycles. The molecular weight excluding hydrogens is 346 g/mol. The van der Waals surface area contributed by atoms with Crippen LogP contribution < -0.4 is 15.4 Å². The molecule has 27 heavy (non-hydrogen) atoms. The van der Waals surface area contributed by atoms with E-state index in [-0.39, 0.29) is 30.7 Å². The first kappa shape index (κ1) is 19.5. The van der Waals surface area contributed by atoms with E-state index in [1.54, 1.807) is 0 Å². The maximum absolute atomic E-state index is 12.4. The zero-order valence-electron chi connectivity index (χ0n) is 16.0. The monoisotopic (exact) mass is 375 g/mol. The molecule has 0 aromatic heterocycles. The van der Waals surface area contributed by atoms with Crippen LogP contribution in [0.2, 0.25) is 0 Å². The van der Waals surface area contributed by atoms with Gasteiger partial charge in [-0.2, -0.15) is 0 Å². The van der Waals surface area contributed by atoms with Gasteiger partial charge < -0.3 is 20.5 Å². The molecule has 0 radical (unpaired) electrons. The molecule has 1 aliphatic carbocycles. The van der Waals surface area contributed by atoms with Crippen molar-refractivity contribution in [2.45, 2.75) is 57.7 Å². The van der Waals surface area contributed by atoms with Gasteiger partial charge in [0.2, 0.25) is 0 Å². The Kier molecular flexibility index (Phi) is 6.21. The summed E-state index contributed by atoms with van der Waals surface area (Å²) in [5.74, 6) is 0.100. The van der Waals surface area contributed by atoms with Crippen molar-refractivity contribution in [3.63, 3.8) is 0 Å². The Morgan fingerprint density at radius 1 is 1.26 bits per heavy atom. The fourth-order valence-electron chi connectivity index (χ4n) is 3.98. The van der Waals surface area contributed by atoms with Crippen LogP contribution in [-0.2, 0) is 11.2 Å². The average Bonchev–Trinajstić information content (AvgIpc) is 2.62. The summed E-state index contributed by atoms with van der Waals surface area (Å²) < 4.78 is 5.83. The predicted octanol–water partition coefficient (Wildman–Crippen LogP) is 2.31. The van der Waals surface area contributed by atoms with Gasteiger partial charge in [-0.1, -0.05) is 32.0 Å². The number of amides is 2. The largest absolute Gasteiger partial charge is 0.493 e. The van der Waals surface area contributed by atoms with Crippen molar-refractivity contribution in [3.8, 4) is 5.75 Å². The van der Waals surface area contributed by atoms with Crippen molar-refractivity contribution in [1.29, 1.82) is 0 Å². The lowest BCUT2D eigenvalue weighted by Crippen LogP contribution is -2.56. The van der Waals surface area contributed by atoms with Gasteiger partial charge in [-0.3, -0.25) is 9.69 Å². The molecule has 0 saturated heterocycles. The molecule has 1 heterocycles. The lowest BCUT2D eigenvalue weighted by Gasteiger charge is -2.42. The molecule has 7 heteroatoms. The maximum atomic E-state index is 12.4. The Labute approximate surface area is 160 Å². The van der Waals surface area contributed by atoms with Crippen LogP contribution >= 0.6 is 0 Å². The first-order valence-corrected chi connectivity index (χ1v) is 9.79. The highest BCUT2D eigenvalue weighted by atomic mass is 16.5. The number of nitrogens with zero attached hydrogens (tertiary/aromatic N) is 1. The topological polar surface area (TPSA) is 90.9 Å². The number of carboxylic acids is 1. The van der Waals surface area contributed by atoms with Gasteiger partial charge >= 0.3 is 12.0 Å². The summed E-state index contributed by atoms with van der Waals surface area (Å²) in [7, 11) is 0. The molecule has 0 spiro atoms. The van der Waals surface area contributed by atoms with E-state index in [1.807, 2.05) is 24.0 Å². The van der Waals surface area contributed by atoms with Crippen LogP contribution in [0.25, 0.3) is 0 Å². The molecule has 1 atom stereocenters. The SMILES string of the molecule is CCc1cccc2c1OCCC2NC(=O)NC1CC(N(CC)CC(=O)O)C1. The maximum Gasteiger partial charge on any atom is 0.317 e. The second-order valence-corrected chi connectivity index (χ2v) is 7.28. The number of carbonyl (C=O) groups is 2. The number of rotatable bonds is 7. The third kappa shape index (κ3) is 4.53. The van der Waals surface area contributed by atoms with Crippen molar-refractivity contribution in [2.75, 3.05) is 19.7 Å². The van der Waals surface area contributed by atoms with E-state index in [0.29, 0.717) is 13.2 Å².